The molecule has 0 unspecified atom stereocenters. The largest absolute Gasteiger partial charge is 0.392 e. The summed E-state index contributed by atoms with van der Waals surface area (Å²) in [7, 11) is 0. The summed E-state index contributed by atoms with van der Waals surface area (Å²) in [5.74, 6) is -0.541. The first kappa shape index (κ1) is 15.4. The van der Waals surface area contributed by atoms with Crippen molar-refractivity contribution in [2.75, 3.05) is 25.4 Å². The van der Waals surface area contributed by atoms with Crippen LogP contribution in [0.4, 0.5) is 8.78 Å². The highest BCUT2D eigenvalue weighted by Crippen LogP contribution is 2.26. The average Bonchev–Trinajstić information content (AvgIpc) is 2.37. The molecule has 0 heterocycles. The van der Waals surface area contributed by atoms with E-state index in [-0.39, 0.29) is 17.1 Å². The molecule has 0 radical (unpaired) electrons. The van der Waals surface area contributed by atoms with Gasteiger partial charge in [-0.25, -0.2) is 8.78 Å². The Labute approximate surface area is 111 Å². The molecule has 5 heteroatoms. The highest BCUT2D eigenvalue weighted by Gasteiger charge is 2.12. The van der Waals surface area contributed by atoms with Gasteiger partial charge in [0.25, 0.3) is 0 Å². The van der Waals surface area contributed by atoms with Crippen LogP contribution < -0.4 is 0 Å². The van der Waals surface area contributed by atoms with Crippen molar-refractivity contribution in [3.8, 4) is 0 Å². The Balaban J connectivity index is 2.62. The maximum absolute atomic E-state index is 13.6. The lowest BCUT2D eigenvalue weighted by Crippen LogP contribution is -2.25. The summed E-state index contributed by atoms with van der Waals surface area (Å²) in [4.78, 5) is 2.24. The van der Waals surface area contributed by atoms with Crippen molar-refractivity contribution in [2.24, 2.45) is 0 Å². The van der Waals surface area contributed by atoms with Gasteiger partial charge in [0, 0.05) is 12.3 Å². The topological polar surface area (TPSA) is 23.5 Å². The normalized spacial score (nSPS) is 11.2. The van der Waals surface area contributed by atoms with Crippen molar-refractivity contribution in [3.63, 3.8) is 0 Å². The molecular weight excluding hydrogens is 256 g/mol. The van der Waals surface area contributed by atoms with E-state index in [2.05, 4.69) is 18.7 Å². The number of nitrogens with zero attached hydrogens (tertiary/aromatic N) is 1. The van der Waals surface area contributed by atoms with Crippen LogP contribution in [0.15, 0.2) is 17.0 Å². The molecule has 0 aromatic heterocycles. The number of hydrogen-bond acceptors (Lipinski definition) is 3. The quantitative estimate of drug-likeness (QED) is 0.774. The molecule has 0 aliphatic rings. The maximum Gasteiger partial charge on any atom is 0.140 e. The lowest BCUT2D eigenvalue weighted by molar-refractivity contribution is 0.280. The first-order chi connectivity index (χ1) is 8.62. The molecule has 0 bridgehead atoms. The van der Waals surface area contributed by atoms with Gasteiger partial charge in [0.15, 0.2) is 0 Å². The van der Waals surface area contributed by atoms with E-state index in [0.717, 1.165) is 19.6 Å². The lowest BCUT2D eigenvalue weighted by atomic mass is 10.2. The fraction of sp³-hybridized carbons (Fsp3) is 0.538. The summed E-state index contributed by atoms with van der Waals surface area (Å²) >= 11 is 1.18. The molecule has 1 N–H and O–H groups in total. The van der Waals surface area contributed by atoms with Crippen LogP contribution in [0.2, 0.25) is 0 Å². The lowest BCUT2D eigenvalue weighted by Gasteiger charge is -2.17. The monoisotopic (exact) mass is 275 g/mol. The van der Waals surface area contributed by atoms with Gasteiger partial charge in [-0.1, -0.05) is 13.8 Å². The van der Waals surface area contributed by atoms with Gasteiger partial charge < -0.3 is 10.0 Å². The van der Waals surface area contributed by atoms with Crippen molar-refractivity contribution in [1.29, 1.82) is 0 Å². The highest BCUT2D eigenvalue weighted by atomic mass is 32.2. The second-order valence-electron chi connectivity index (χ2n) is 3.92. The maximum atomic E-state index is 13.6. The molecule has 1 aromatic rings. The minimum Gasteiger partial charge on any atom is -0.392 e. The Kier molecular flexibility index (Phi) is 6.60. The van der Waals surface area contributed by atoms with Crippen molar-refractivity contribution in [1.82, 2.24) is 4.90 Å². The molecular formula is C13H19F2NOS. The molecule has 0 saturated carbocycles. The second kappa shape index (κ2) is 7.71. The second-order valence-corrected chi connectivity index (χ2v) is 5.03. The molecule has 0 aliphatic heterocycles. The Morgan fingerprint density at radius 3 is 2.17 bits per heavy atom. The molecule has 18 heavy (non-hydrogen) atoms. The summed E-state index contributed by atoms with van der Waals surface area (Å²) in [5.41, 5.74) is 0.262. The van der Waals surface area contributed by atoms with E-state index in [1.807, 2.05) is 0 Å². The molecule has 1 aromatic carbocycles. The van der Waals surface area contributed by atoms with Gasteiger partial charge in [0.05, 0.1) is 11.5 Å². The van der Waals surface area contributed by atoms with E-state index in [4.69, 9.17) is 5.11 Å². The van der Waals surface area contributed by atoms with E-state index < -0.39 is 11.6 Å². The van der Waals surface area contributed by atoms with Gasteiger partial charge >= 0.3 is 0 Å². The first-order valence-electron chi connectivity index (χ1n) is 6.06. The average molecular weight is 275 g/mol. The zero-order valence-electron chi connectivity index (χ0n) is 10.7. The molecule has 0 aliphatic carbocycles. The predicted molar refractivity (Wildman–Crippen MR) is 70.8 cm³/mol. The van der Waals surface area contributed by atoms with Gasteiger partial charge in [0.2, 0.25) is 0 Å². The van der Waals surface area contributed by atoms with E-state index in [1.165, 1.54) is 23.9 Å². The Bertz CT molecular complexity index is 360. The molecule has 1 rings (SSSR count). The number of thioether (sulfide) groups is 1. The number of benzene rings is 1. The SMILES string of the molecule is CCN(CC)CCSc1c(F)cc(CO)cc1F. The van der Waals surface area contributed by atoms with Crippen molar-refractivity contribution < 1.29 is 13.9 Å². The van der Waals surface area contributed by atoms with Crippen LogP contribution in [0, 0.1) is 11.6 Å². The summed E-state index contributed by atoms with van der Waals surface area (Å²) in [6.45, 7) is 6.45. The van der Waals surface area contributed by atoms with Gasteiger partial charge in [-0.05, 0) is 30.8 Å². The fourth-order valence-corrected chi connectivity index (χ4v) is 2.61. The van der Waals surface area contributed by atoms with Crippen molar-refractivity contribution in [2.45, 2.75) is 25.3 Å². The zero-order chi connectivity index (χ0) is 13.5. The number of halogens is 2. The summed E-state index contributed by atoms with van der Waals surface area (Å²) in [6, 6.07) is 2.37. The van der Waals surface area contributed by atoms with Gasteiger partial charge in [-0.15, -0.1) is 11.8 Å². The number of rotatable bonds is 7. The van der Waals surface area contributed by atoms with Crippen molar-refractivity contribution >= 4 is 11.8 Å². The summed E-state index contributed by atoms with van der Waals surface area (Å²) in [6.07, 6.45) is 0. The molecule has 0 amide bonds. The van der Waals surface area contributed by atoms with Crippen LogP contribution in [-0.4, -0.2) is 35.4 Å². The minimum atomic E-state index is -0.594. The van der Waals surface area contributed by atoms with Crippen LogP contribution >= 0.6 is 11.8 Å². The molecule has 102 valence electrons. The fourth-order valence-electron chi connectivity index (χ4n) is 1.66. The summed E-state index contributed by atoms with van der Waals surface area (Å²) < 4.78 is 27.2. The summed E-state index contributed by atoms with van der Waals surface area (Å²) in [5, 5.41) is 8.84. The smallest absolute Gasteiger partial charge is 0.140 e. The molecule has 0 spiro atoms. The van der Waals surface area contributed by atoms with E-state index in [9.17, 15) is 8.78 Å². The molecule has 0 fully saturated rings. The van der Waals surface area contributed by atoms with Gasteiger partial charge in [0.1, 0.15) is 11.6 Å². The highest BCUT2D eigenvalue weighted by molar-refractivity contribution is 7.99. The van der Waals surface area contributed by atoms with Crippen molar-refractivity contribution in [3.05, 3.63) is 29.3 Å². The molecule has 0 atom stereocenters. The van der Waals surface area contributed by atoms with Gasteiger partial charge in [-0.3, -0.25) is 0 Å². The third kappa shape index (κ3) is 4.23. The van der Waals surface area contributed by atoms with E-state index >= 15 is 0 Å². The minimum absolute atomic E-state index is 0.0411. The third-order valence-electron chi connectivity index (χ3n) is 2.79. The van der Waals surface area contributed by atoms with Crippen LogP contribution in [0.3, 0.4) is 0 Å². The van der Waals surface area contributed by atoms with Crippen LogP contribution in [0.1, 0.15) is 19.4 Å². The Morgan fingerprint density at radius 1 is 1.17 bits per heavy atom. The van der Waals surface area contributed by atoms with Gasteiger partial charge in [-0.2, -0.15) is 0 Å². The number of hydrogen-bond donors (Lipinski definition) is 1. The number of aliphatic hydroxyl groups excluding tert-OH is 1. The van der Waals surface area contributed by atoms with Crippen LogP contribution in [0.25, 0.3) is 0 Å². The molecule has 2 nitrogen and oxygen atoms in total. The molecule has 0 saturated heterocycles. The van der Waals surface area contributed by atoms with Crippen LogP contribution in [-0.2, 0) is 6.61 Å². The Hall–Kier alpha value is -0.650. The number of aliphatic hydroxyl groups is 1. The van der Waals surface area contributed by atoms with Crippen LogP contribution in [0.5, 0.6) is 0 Å². The standard InChI is InChI=1S/C13H19F2NOS/c1-3-16(4-2)5-6-18-13-11(14)7-10(9-17)8-12(13)15/h7-8,17H,3-6,9H2,1-2H3. The van der Waals surface area contributed by atoms with E-state index in [0.29, 0.717) is 5.75 Å². The third-order valence-corrected chi connectivity index (χ3v) is 3.85. The zero-order valence-corrected chi connectivity index (χ0v) is 11.6. The van der Waals surface area contributed by atoms with E-state index in [1.54, 1.807) is 0 Å². The Morgan fingerprint density at radius 2 is 1.72 bits per heavy atom. The predicted octanol–water partition coefficient (Wildman–Crippen LogP) is 2.89. The first-order valence-corrected chi connectivity index (χ1v) is 7.04.